The maximum absolute atomic E-state index is 12.1. The van der Waals surface area contributed by atoms with E-state index in [-0.39, 0.29) is 5.91 Å². The van der Waals surface area contributed by atoms with E-state index in [4.69, 9.17) is 4.42 Å². The van der Waals surface area contributed by atoms with Crippen LogP contribution in [0.15, 0.2) is 34.9 Å². The smallest absolute Gasteiger partial charge is 0.273 e. The number of rotatable bonds is 8. The van der Waals surface area contributed by atoms with Crippen LogP contribution in [0.2, 0.25) is 0 Å². The summed E-state index contributed by atoms with van der Waals surface area (Å²) in [5.41, 5.74) is 2.96. The third kappa shape index (κ3) is 4.73. The molecule has 2 aromatic rings. The van der Waals surface area contributed by atoms with Gasteiger partial charge >= 0.3 is 0 Å². The van der Waals surface area contributed by atoms with Crippen molar-refractivity contribution in [1.29, 1.82) is 0 Å². The van der Waals surface area contributed by atoms with Crippen molar-refractivity contribution < 1.29 is 9.21 Å². The zero-order chi connectivity index (χ0) is 18.7. The number of nitrogens with zero attached hydrogens (tertiary/aromatic N) is 2. The molecular formula is C21H29N3O2. The molecular weight excluding hydrogens is 326 g/mol. The highest BCUT2D eigenvalue weighted by Crippen LogP contribution is 2.21. The van der Waals surface area contributed by atoms with Crippen molar-refractivity contribution >= 4 is 5.91 Å². The SMILES string of the molecule is Cc1ccccc1CN(Cc1nc(C(=O)NC2CC2)co1)C(C)C(C)C. The summed E-state index contributed by atoms with van der Waals surface area (Å²) < 4.78 is 5.60. The number of aryl methyl sites for hydroxylation is 1. The third-order valence-electron chi connectivity index (χ3n) is 5.21. The summed E-state index contributed by atoms with van der Waals surface area (Å²) in [4.78, 5) is 18.9. The van der Waals surface area contributed by atoms with Gasteiger partial charge in [0, 0.05) is 18.6 Å². The molecule has 1 aromatic heterocycles. The molecule has 1 aliphatic carbocycles. The number of aromatic nitrogens is 1. The van der Waals surface area contributed by atoms with E-state index >= 15 is 0 Å². The second-order valence-corrected chi connectivity index (χ2v) is 7.69. The zero-order valence-electron chi connectivity index (χ0n) is 16.2. The van der Waals surface area contributed by atoms with Gasteiger partial charge in [0.2, 0.25) is 5.89 Å². The Hall–Kier alpha value is -2.14. The van der Waals surface area contributed by atoms with Crippen molar-refractivity contribution in [3.05, 3.63) is 53.2 Å². The highest BCUT2D eigenvalue weighted by Gasteiger charge is 2.26. The first kappa shape index (κ1) is 18.6. The van der Waals surface area contributed by atoms with Gasteiger partial charge in [-0.1, -0.05) is 38.1 Å². The summed E-state index contributed by atoms with van der Waals surface area (Å²) in [7, 11) is 0. The molecule has 0 radical (unpaired) electrons. The van der Waals surface area contributed by atoms with Crippen LogP contribution in [0.25, 0.3) is 0 Å². The van der Waals surface area contributed by atoms with Crippen molar-refractivity contribution in [2.45, 2.75) is 65.7 Å². The number of carbonyl (C=O) groups is 1. The average molecular weight is 355 g/mol. The van der Waals surface area contributed by atoms with Gasteiger partial charge in [0.1, 0.15) is 6.26 Å². The Morgan fingerprint density at radius 3 is 2.65 bits per heavy atom. The van der Waals surface area contributed by atoms with Crippen LogP contribution in [0.4, 0.5) is 0 Å². The summed E-state index contributed by atoms with van der Waals surface area (Å²) >= 11 is 0. The molecule has 1 heterocycles. The first-order valence-corrected chi connectivity index (χ1v) is 9.48. The van der Waals surface area contributed by atoms with Crippen molar-refractivity contribution in [1.82, 2.24) is 15.2 Å². The van der Waals surface area contributed by atoms with E-state index in [0.29, 0.717) is 36.1 Å². The molecule has 3 rings (SSSR count). The summed E-state index contributed by atoms with van der Waals surface area (Å²) in [6.45, 7) is 10.2. The molecule has 5 nitrogen and oxygen atoms in total. The monoisotopic (exact) mass is 355 g/mol. The van der Waals surface area contributed by atoms with Crippen molar-refractivity contribution in [2.24, 2.45) is 5.92 Å². The predicted molar refractivity (Wildman–Crippen MR) is 102 cm³/mol. The summed E-state index contributed by atoms with van der Waals surface area (Å²) in [5, 5.41) is 2.95. The van der Waals surface area contributed by atoms with Gasteiger partial charge in [0.15, 0.2) is 5.69 Å². The van der Waals surface area contributed by atoms with Gasteiger partial charge in [-0.3, -0.25) is 9.69 Å². The fraction of sp³-hybridized carbons (Fsp3) is 0.524. The van der Waals surface area contributed by atoms with Gasteiger partial charge in [0.05, 0.1) is 6.54 Å². The van der Waals surface area contributed by atoms with Crippen LogP contribution < -0.4 is 5.32 Å². The first-order valence-electron chi connectivity index (χ1n) is 9.48. The molecule has 0 saturated heterocycles. The number of oxazole rings is 1. The van der Waals surface area contributed by atoms with Crippen LogP contribution in [0, 0.1) is 12.8 Å². The first-order chi connectivity index (χ1) is 12.4. The molecule has 1 aromatic carbocycles. The summed E-state index contributed by atoms with van der Waals surface area (Å²) in [5.74, 6) is 0.962. The fourth-order valence-corrected chi connectivity index (χ4v) is 2.92. The minimum atomic E-state index is -0.134. The van der Waals surface area contributed by atoms with Gasteiger partial charge in [-0.25, -0.2) is 4.98 Å². The number of hydrogen-bond donors (Lipinski definition) is 1. The number of carbonyl (C=O) groups excluding carboxylic acids is 1. The van der Waals surface area contributed by atoms with Crippen LogP contribution in [-0.4, -0.2) is 27.9 Å². The van der Waals surface area contributed by atoms with Crippen molar-refractivity contribution in [3.8, 4) is 0 Å². The number of hydrogen-bond acceptors (Lipinski definition) is 4. The van der Waals surface area contributed by atoms with E-state index in [2.05, 4.69) is 67.2 Å². The molecule has 26 heavy (non-hydrogen) atoms. The topological polar surface area (TPSA) is 58.4 Å². The van der Waals surface area contributed by atoms with E-state index < -0.39 is 0 Å². The second kappa shape index (κ2) is 8.04. The van der Waals surface area contributed by atoms with Crippen molar-refractivity contribution in [2.75, 3.05) is 0 Å². The molecule has 1 aliphatic rings. The Bertz CT molecular complexity index is 749. The molecule has 5 heteroatoms. The molecule has 1 saturated carbocycles. The highest BCUT2D eigenvalue weighted by molar-refractivity contribution is 5.92. The van der Waals surface area contributed by atoms with Crippen LogP contribution in [0.1, 0.15) is 61.1 Å². The largest absolute Gasteiger partial charge is 0.447 e. The molecule has 1 atom stereocenters. The zero-order valence-corrected chi connectivity index (χ0v) is 16.2. The Balaban J connectivity index is 1.72. The van der Waals surface area contributed by atoms with Gasteiger partial charge in [0.25, 0.3) is 5.91 Å². The van der Waals surface area contributed by atoms with Crippen molar-refractivity contribution in [3.63, 3.8) is 0 Å². The Kier molecular flexibility index (Phi) is 5.77. The standard InChI is InChI=1S/C21H29N3O2/c1-14(2)16(4)24(11-17-8-6-5-7-15(17)3)12-20-23-19(13-26-20)21(25)22-18-9-10-18/h5-8,13-14,16,18H,9-12H2,1-4H3,(H,22,25). The minimum Gasteiger partial charge on any atom is -0.447 e. The van der Waals surface area contributed by atoms with E-state index in [1.165, 1.54) is 17.4 Å². The van der Waals surface area contributed by atoms with Crippen LogP contribution in [0.5, 0.6) is 0 Å². The summed E-state index contributed by atoms with van der Waals surface area (Å²) in [6, 6.07) is 9.13. The van der Waals surface area contributed by atoms with Crippen LogP contribution in [-0.2, 0) is 13.1 Å². The average Bonchev–Trinajstić information content (AvgIpc) is 3.30. The molecule has 1 amide bonds. The van der Waals surface area contributed by atoms with E-state index in [1.807, 2.05) is 0 Å². The maximum Gasteiger partial charge on any atom is 0.273 e. The maximum atomic E-state index is 12.1. The Morgan fingerprint density at radius 1 is 1.27 bits per heavy atom. The van der Waals surface area contributed by atoms with E-state index in [9.17, 15) is 4.79 Å². The van der Waals surface area contributed by atoms with E-state index in [0.717, 1.165) is 19.4 Å². The third-order valence-corrected chi connectivity index (χ3v) is 5.21. The lowest BCUT2D eigenvalue weighted by Crippen LogP contribution is -2.36. The lowest BCUT2D eigenvalue weighted by atomic mass is 10.0. The predicted octanol–water partition coefficient (Wildman–Crippen LogP) is 3.92. The molecule has 140 valence electrons. The number of nitrogens with one attached hydrogen (secondary N) is 1. The lowest BCUT2D eigenvalue weighted by molar-refractivity contribution is 0.0946. The molecule has 0 spiro atoms. The Labute approximate surface area is 155 Å². The van der Waals surface area contributed by atoms with Gasteiger partial charge < -0.3 is 9.73 Å². The summed E-state index contributed by atoms with van der Waals surface area (Å²) in [6.07, 6.45) is 3.60. The van der Waals surface area contributed by atoms with E-state index in [1.54, 1.807) is 0 Å². The molecule has 0 aliphatic heterocycles. The minimum absolute atomic E-state index is 0.134. The van der Waals surface area contributed by atoms with Gasteiger partial charge in [-0.15, -0.1) is 0 Å². The van der Waals surface area contributed by atoms with Gasteiger partial charge in [-0.05, 0) is 43.7 Å². The fourth-order valence-electron chi connectivity index (χ4n) is 2.92. The number of benzene rings is 1. The molecule has 0 bridgehead atoms. The number of amides is 1. The van der Waals surface area contributed by atoms with Crippen LogP contribution in [0.3, 0.4) is 0 Å². The molecule has 1 fully saturated rings. The van der Waals surface area contributed by atoms with Crippen LogP contribution >= 0.6 is 0 Å². The Morgan fingerprint density at radius 2 is 2.00 bits per heavy atom. The molecule has 1 unspecified atom stereocenters. The highest BCUT2D eigenvalue weighted by atomic mass is 16.3. The normalized spacial score (nSPS) is 15.5. The van der Waals surface area contributed by atoms with Gasteiger partial charge in [-0.2, -0.15) is 0 Å². The lowest BCUT2D eigenvalue weighted by Gasteiger charge is -2.31. The second-order valence-electron chi connectivity index (χ2n) is 7.69. The quantitative estimate of drug-likeness (QED) is 0.780. The molecule has 1 N–H and O–H groups in total.